The molecule has 1 aromatic heterocycles. The standard InChI is InChI=1S/C24H21ClN2O2S/c1-16-12-20(17(2)26(16)14-18-6-4-3-5-7-18)13-22-23(28)27(24(29)30-22)15-19-8-10-21(25)11-9-19/h3-13H,14-15H2,1-2H3/b22-13+. The van der Waals surface area contributed by atoms with Crippen LogP contribution in [0, 0.1) is 13.8 Å². The summed E-state index contributed by atoms with van der Waals surface area (Å²) in [6.07, 6.45) is 1.83. The predicted molar refractivity (Wildman–Crippen MR) is 122 cm³/mol. The molecule has 1 saturated heterocycles. The molecule has 0 saturated carbocycles. The highest BCUT2D eigenvalue weighted by atomic mass is 35.5. The lowest BCUT2D eigenvalue weighted by Crippen LogP contribution is -2.27. The molecule has 0 N–H and O–H groups in total. The van der Waals surface area contributed by atoms with Crippen LogP contribution in [0.3, 0.4) is 0 Å². The Labute approximate surface area is 185 Å². The maximum absolute atomic E-state index is 12.9. The molecule has 0 aliphatic carbocycles. The van der Waals surface area contributed by atoms with Crippen molar-refractivity contribution in [1.82, 2.24) is 9.47 Å². The van der Waals surface area contributed by atoms with Gasteiger partial charge in [-0.25, -0.2) is 0 Å². The average Bonchev–Trinajstić information content (AvgIpc) is 3.15. The van der Waals surface area contributed by atoms with E-state index in [-0.39, 0.29) is 17.7 Å². The summed E-state index contributed by atoms with van der Waals surface area (Å²) in [5, 5.41) is 0.373. The number of amides is 2. The van der Waals surface area contributed by atoms with Gasteiger partial charge in [-0.2, -0.15) is 0 Å². The summed E-state index contributed by atoms with van der Waals surface area (Å²) >= 11 is 6.91. The molecule has 2 amide bonds. The third-order valence-corrected chi connectivity index (χ3v) is 6.37. The molecule has 0 spiro atoms. The summed E-state index contributed by atoms with van der Waals surface area (Å²) in [5.41, 5.74) is 5.22. The van der Waals surface area contributed by atoms with E-state index in [1.807, 2.05) is 43.3 Å². The zero-order chi connectivity index (χ0) is 21.3. The number of benzene rings is 2. The second-order valence-electron chi connectivity index (χ2n) is 7.29. The molecule has 4 rings (SSSR count). The van der Waals surface area contributed by atoms with E-state index < -0.39 is 0 Å². The van der Waals surface area contributed by atoms with Crippen molar-refractivity contribution in [2.75, 3.05) is 0 Å². The van der Waals surface area contributed by atoms with E-state index in [0.29, 0.717) is 9.93 Å². The summed E-state index contributed by atoms with van der Waals surface area (Å²) in [7, 11) is 0. The predicted octanol–water partition coefficient (Wildman–Crippen LogP) is 6.04. The van der Waals surface area contributed by atoms with Gasteiger partial charge in [0.25, 0.3) is 11.1 Å². The molecule has 0 bridgehead atoms. The van der Waals surface area contributed by atoms with Gasteiger partial charge in [-0.05, 0) is 66.6 Å². The molecule has 4 nitrogen and oxygen atoms in total. The average molecular weight is 437 g/mol. The maximum atomic E-state index is 12.9. The quantitative estimate of drug-likeness (QED) is 0.457. The molecule has 3 aromatic rings. The number of carbonyl (C=O) groups excluding carboxylic acids is 2. The lowest BCUT2D eigenvalue weighted by atomic mass is 10.2. The van der Waals surface area contributed by atoms with Gasteiger partial charge in [-0.15, -0.1) is 0 Å². The summed E-state index contributed by atoms with van der Waals surface area (Å²) in [6.45, 7) is 5.11. The Bertz CT molecular complexity index is 1130. The monoisotopic (exact) mass is 436 g/mol. The van der Waals surface area contributed by atoms with Crippen LogP contribution in [0.5, 0.6) is 0 Å². The normalized spacial score (nSPS) is 15.4. The third-order valence-electron chi connectivity index (χ3n) is 5.21. The first kappa shape index (κ1) is 20.5. The van der Waals surface area contributed by atoms with Crippen LogP contribution in [0.25, 0.3) is 6.08 Å². The first-order chi connectivity index (χ1) is 14.4. The number of hydrogen-bond donors (Lipinski definition) is 0. The molecule has 1 aliphatic heterocycles. The number of thioether (sulfide) groups is 1. The SMILES string of the molecule is Cc1cc(/C=C2/SC(=O)N(Cc3ccc(Cl)cc3)C2=O)c(C)n1Cc1ccccc1. The zero-order valence-electron chi connectivity index (χ0n) is 16.8. The van der Waals surface area contributed by atoms with Gasteiger partial charge in [0.1, 0.15) is 0 Å². The second-order valence-corrected chi connectivity index (χ2v) is 8.72. The van der Waals surface area contributed by atoms with Crippen molar-refractivity contribution in [3.05, 3.63) is 98.7 Å². The Morgan fingerprint density at radius 3 is 2.30 bits per heavy atom. The Morgan fingerprint density at radius 2 is 1.60 bits per heavy atom. The fourth-order valence-electron chi connectivity index (χ4n) is 3.53. The number of aromatic nitrogens is 1. The first-order valence-corrected chi connectivity index (χ1v) is 10.8. The van der Waals surface area contributed by atoms with E-state index in [4.69, 9.17) is 11.6 Å². The van der Waals surface area contributed by atoms with Crippen molar-refractivity contribution in [1.29, 1.82) is 0 Å². The lowest BCUT2D eigenvalue weighted by molar-refractivity contribution is -0.123. The molecular weight excluding hydrogens is 416 g/mol. The molecule has 2 heterocycles. The Hall–Kier alpha value is -2.76. The Morgan fingerprint density at radius 1 is 0.933 bits per heavy atom. The minimum atomic E-state index is -0.257. The summed E-state index contributed by atoms with van der Waals surface area (Å²) in [5.74, 6) is -0.257. The van der Waals surface area contributed by atoms with E-state index >= 15 is 0 Å². The minimum Gasteiger partial charge on any atom is -0.344 e. The van der Waals surface area contributed by atoms with Crippen molar-refractivity contribution in [2.45, 2.75) is 26.9 Å². The van der Waals surface area contributed by atoms with Gasteiger partial charge in [0.2, 0.25) is 0 Å². The largest absolute Gasteiger partial charge is 0.344 e. The van der Waals surface area contributed by atoms with Crippen LogP contribution >= 0.6 is 23.4 Å². The van der Waals surface area contributed by atoms with Crippen molar-refractivity contribution in [3.8, 4) is 0 Å². The second kappa shape index (κ2) is 8.54. The van der Waals surface area contributed by atoms with E-state index in [0.717, 1.165) is 40.8 Å². The number of nitrogens with zero attached hydrogens (tertiary/aromatic N) is 2. The van der Waals surface area contributed by atoms with Gasteiger partial charge in [0.15, 0.2) is 0 Å². The zero-order valence-corrected chi connectivity index (χ0v) is 18.3. The molecule has 1 aliphatic rings. The highest BCUT2D eigenvalue weighted by Crippen LogP contribution is 2.34. The Kier molecular flexibility index (Phi) is 5.84. The smallest absolute Gasteiger partial charge is 0.293 e. The molecular formula is C24H21ClN2O2S. The number of rotatable bonds is 5. The minimum absolute atomic E-state index is 0.242. The van der Waals surface area contributed by atoms with Crippen molar-refractivity contribution in [2.24, 2.45) is 0 Å². The van der Waals surface area contributed by atoms with Crippen molar-refractivity contribution >= 4 is 40.6 Å². The topological polar surface area (TPSA) is 42.3 Å². The summed E-state index contributed by atoms with van der Waals surface area (Å²) < 4.78 is 2.22. The van der Waals surface area contributed by atoms with Gasteiger partial charge >= 0.3 is 0 Å². The van der Waals surface area contributed by atoms with E-state index in [1.54, 1.807) is 12.1 Å². The van der Waals surface area contributed by atoms with E-state index in [2.05, 4.69) is 29.7 Å². The number of imide groups is 1. The van der Waals surface area contributed by atoms with Gasteiger partial charge in [0, 0.05) is 23.0 Å². The number of aryl methyl sites for hydroxylation is 1. The number of carbonyl (C=O) groups is 2. The molecule has 0 unspecified atom stereocenters. The molecule has 0 atom stereocenters. The fraction of sp³-hybridized carbons (Fsp3) is 0.167. The fourth-order valence-corrected chi connectivity index (χ4v) is 4.49. The van der Waals surface area contributed by atoms with Gasteiger partial charge in [0.05, 0.1) is 11.4 Å². The van der Waals surface area contributed by atoms with Crippen LogP contribution < -0.4 is 0 Å². The van der Waals surface area contributed by atoms with E-state index in [1.165, 1.54) is 10.5 Å². The maximum Gasteiger partial charge on any atom is 0.293 e. The summed E-state index contributed by atoms with van der Waals surface area (Å²) in [6, 6.07) is 19.5. The van der Waals surface area contributed by atoms with Crippen LogP contribution in [0.4, 0.5) is 4.79 Å². The molecule has 30 heavy (non-hydrogen) atoms. The van der Waals surface area contributed by atoms with Crippen LogP contribution in [-0.2, 0) is 17.9 Å². The number of hydrogen-bond acceptors (Lipinski definition) is 3. The van der Waals surface area contributed by atoms with Crippen LogP contribution in [-0.4, -0.2) is 20.6 Å². The molecule has 2 aromatic carbocycles. The van der Waals surface area contributed by atoms with E-state index in [9.17, 15) is 9.59 Å². The van der Waals surface area contributed by atoms with Crippen LogP contribution in [0.15, 0.2) is 65.6 Å². The highest BCUT2D eigenvalue weighted by molar-refractivity contribution is 8.18. The summed E-state index contributed by atoms with van der Waals surface area (Å²) in [4.78, 5) is 27.1. The van der Waals surface area contributed by atoms with Crippen LogP contribution in [0.1, 0.15) is 28.1 Å². The van der Waals surface area contributed by atoms with Gasteiger partial charge in [-0.3, -0.25) is 14.5 Å². The van der Waals surface area contributed by atoms with Gasteiger partial charge in [-0.1, -0.05) is 54.1 Å². The molecule has 1 fully saturated rings. The van der Waals surface area contributed by atoms with Crippen molar-refractivity contribution < 1.29 is 9.59 Å². The molecule has 152 valence electrons. The first-order valence-electron chi connectivity index (χ1n) is 9.63. The molecule has 0 radical (unpaired) electrons. The lowest BCUT2D eigenvalue weighted by Gasteiger charge is -2.12. The third kappa shape index (κ3) is 4.23. The Balaban J connectivity index is 1.56. The van der Waals surface area contributed by atoms with Gasteiger partial charge < -0.3 is 4.57 Å². The highest BCUT2D eigenvalue weighted by Gasteiger charge is 2.35. The van der Waals surface area contributed by atoms with Crippen LogP contribution in [0.2, 0.25) is 5.02 Å². The van der Waals surface area contributed by atoms with Crippen molar-refractivity contribution in [3.63, 3.8) is 0 Å². The molecule has 6 heteroatoms. The number of halogens is 1.